The molecule has 3 N–H and O–H groups in total. The number of hydrogen-bond acceptors (Lipinski definition) is 2. The predicted octanol–water partition coefficient (Wildman–Crippen LogP) is 1.28. The third-order valence-electron chi connectivity index (χ3n) is 1.76. The maximum Gasteiger partial charge on any atom is 0.0351 e. The van der Waals surface area contributed by atoms with Gasteiger partial charge in [0, 0.05) is 6.54 Å². The molecule has 0 aromatic rings. The van der Waals surface area contributed by atoms with Crippen LogP contribution < -0.4 is 11.3 Å². The molecule has 2 heteroatoms. The van der Waals surface area contributed by atoms with Crippen LogP contribution in [0.4, 0.5) is 0 Å². The molecule has 0 aromatic heterocycles. The van der Waals surface area contributed by atoms with Gasteiger partial charge in [-0.2, -0.15) is 0 Å². The van der Waals surface area contributed by atoms with Gasteiger partial charge in [-0.25, -0.2) is 0 Å². The molecular weight excluding hydrogens is 136 g/mol. The number of nitrogens with one attached hydrogen (secondary N) is 1. The quantitative estimate of drug-likeness (QED) is 0.459. The van der Waals surface area contributed by atoms with Gasteiger partial charge in [-0.15, -0.1) is 0 Å². The van der Waals surface area contributed by atoms with Crippen LogP contribution in [0.25, 0.3) is 0 Å². The maximum atomic E-state index is 5.23. The summed E-state index contributed by atoms with van der Waals surface area (Å²) in [7, 11) is 0. The molecule has 0 radical (unpaired) electrons. The van der Waals surface area contributed by atoms with Gasteiger partial charge in [0.05, 0.1) is 0 Å². The fourth-order valence-corrected chi connectivity index (χ4v) is 1.08. The van der Waals surface area contributed by atoms with E-state index in [1.165, 1.54) is 11.1 Å². The van der Waals surface area contributed by atoms with Crippen molar-refractivity contribution in [2.75, 3.05) is 6.54 Å². The first-order valence-corrected chi connectivity index (χ1v) is 3.81. The lowest BCUT2D eigenvalue weighted by Gasteiger charge is -2.02. The van der Waals surface area contributed by atoms with Crippen LogP contribution in [0.2, 0.25) is 0 Å². The van der Waals surface area contributed by atoms with Crippen molar-refractivity contribution >= 4 is 0 Å². The van der Waals surface area contributed by atoms with Crippen LogP contribution in [0.3, 0.4) is 0 Å². The molecule has 0 bridgehead atoms. The van der Waals surface area contributed by atoms with Gasteiger partial charge in [0.1, 0.15) is 0 Å². The lowest BCUT2D eigenvalue weighted by atomic mass is 10.1. The first-order valence-electron chi connectivity index (χ1n) is 3.81. The second-order valence-corrected chi connectivity index (χ2v) is 2.63. The van der Waals surface area contributed by atoms with Gasteiger partial charge in [-0.1, -0.05) is 24.3 Å². The number of rotatable bonds is 2. The summed E-state index contributed by atoms with van der Waals surface area (Å²) in [4.78, 5) is 0. The Kier molecular flexibility index (Phi) is 3.08. The average Bonchev–Trinajstić information content (AvgIpc) is 2.18. The van der Waals surface area contributed by atoms with Crippen molar-refractivity contribution in [3.8, 4) is 0 Å². The van der Waals surface area contributed by atoms with Crippen LogP contribution in [0.5, 0.6) is 0 Å². The Morgan fingerprint density at radius 3 is 2.91 bits per heavy atom. The van der Waals surface area contributed by atoms with Gasteiger partial charge in [0.15, 0.2) is 0 Å². The second kappa shape index (κ2) is 4.11. The largest absolute Gasteiger partial charge is 0.271 e. The minimum absolute atomic E-state index is 0.743. The number of hydrogen-bond donors (Lipinski definition) is 2. The molecule has 0 fully saturated rings. The van der Waals surface area contributed by atoms with Crippen LogP contribution in [-0.2, 0) is 0 Å². The third-order valence-corrected chi connectivity index (χ3v) is 1.76. The summed E-state index contributed by atoms with van der Waals surface area (Å²) in [6, 6.07) is 0. The van der Waals surface area contributed by atoms with Crippen molar-refractivity contribution in [2.45, 2.75) is 13.3 Å². The van der Waals surface area contributed by atoms with E-state index in [-0.39, 0.29) is 0 Å². The van der Waals surface area contributed by atoms with Crippen LogP contribution >= 0.6 is 0 Å². The Morgan fingerprint density at radius 2 is 2.18 bits per heavy atom. The van der Waals surface area contributed by atoms with Gasteiger partial charge < -0.3 is 0 Å². The van der Waals surface area contributed by atoms with Crippen LogP contribution in [0.15, 0.2) is 35.5 Å². The number of nitrogens with two attached hydrogens (primary N) is 1. The molecule has 0 saturated heterocycles. The number of allylic oxidation sites excluding steroid dienone is 4. The fraction of sp³-hybridized carbons (Fsp3) is 0.333. The molecule has 0 spiro atoms. The Balaban J connectivity index is 2.76. The summed E-state index contributed by atoms with van der Waals surface area (Å²) in [5, 5.41) is 0. The monoisotopic (exact) mass is 150 g/mol. The molecule has 1 rings (SSSR count). The summed E-state index contributed by atoms with van der Waals surface area (Å²) in [5.41, 5.74) is 5.21. The minimum atomic E-state index is 0.743. The average molecular weight is 150 g/mol. The highest BCUT2D eigenvalue weighted by Gasteiger charge is 1.96. The van der Waals surface area contributed by atoms with E-state index in [4.69, 9.17) is 5.84 Å². The smallest absolute Gasteiger partial charge is 0.0351 e. The predicted molar refractivity (Wildman–Crippen MR) is 47.8 cm³/mol. The van der Waals surface area contributed by atoms with Crippen molar-refractivity contribution in [3.63, 3.8) is 0 Å². The van der Waals surface area contributed by atoms with E-state index in [1.54, 1.807) is 0 Å². The van der Waals surface area contributed by atoms with Gasteiger partial charge in [0.2, 0.25) is 0 Å². The van der Waals surface area contributed by atoms with E-state index in [0.717, 1.165) is 13.0 Å². The molecule has 0 saturated carbocycles. The molecule has 0 heterocycles. The van der Waals surface area contributed by atoms with Gasteiger partial charge >= 0.3 is 0 Å². The van der Waals surface area contributed by atoms with E-state index >= 15 is 0 Å². The lowest BCUT2D eigenvalue weighted by Crippen LogP contribution is -2.24. The molecule has 0 atom stereocenters. The minimum Gasteiger partial charge on any atom is -0.271 e. The Morgan fingerprint density at radius 1 is 1.45 bits per heavy atom. The molecule has 1 aliphatic rings. The van der Waals surface area contributed by atoms with Crippen LogP contribution in [-0.4, -0.2) is 6.54 Å². The number of hydrazine groups is 1. The standard InChI is InChI=1S/C9H14N2/c1-8-5-3-2-4-6-9(8)7-11-10/h3-6,11H,2,7,10H2,1H3. The third kappa shape index (κ3) is 2.33. The van der Waals surface area contributed by atoms with E-state index in [1.807, 2.05) is 0 Å². The summed E-state index contributed by atoms with van der Waals surface area (Å²) >= 11 is 0. The van der Waals surface area contributed by atoms with Crippen molar-refractivity contribution in [3.05, 3.63) is 35.5 Å². The van der Waals surface area contributed by atoms with E-state index in [2.05, 4.69) is 36.7 Å². The molecule has 2 nitrogen and oxygen atoms in total. The van der Waals surface area contributed by atoms with Crippen molar-refractivity contribution in [1.29, 1.82) is 0 Å². The Labute approximate surface area is 67.4 Å². The summed E-state index contributed by atoms with van der Waals surface area (Å²) in [6.07, 6.45) is 9.56. The van der Waals surface area contributed by atoms with E-state index in [0.29, 0.717) is 0 Å². The topological polar surface area (TPSA) is 38.0 Å². The molecule has 1 aliphatic carbocycles. The highest BCUT2D eigenvalue weighted by atomic mass is 15.2. The Hall–Kier alpha value is -0.860. The fourth-order valence-electron chi connectivity index (χ4n) is 1.08. The molecule has 0 amide bonds. The first kappa shape index (κ1) is 8.24. The summed E-state index contributed by atoms with van der Waals surface area (Å²) in [5.74, 6) is 5.23. The van der Waals surface area contributed by atoms with Crippen LogP contribution in [0, 0.1) is 0 Å². The van der Waals surface area contributed by atoms with Crippen molar-refractivity contribution in [2.24, 2.45) is 5.84 Å². The van der Waals surface area contributed by atoms with Gasteiger partial charge in [-0.3, -0.25) is 11.3 Å². The van der Waals surface area contributed by atoms with Gasteiger partial charge in [0.25, 0.3) is 0 Å². The van der Waals surface area contributed by atoms with E-state index < -0.39 is 0 Å². The normalized spacial score (nSPS) is 17.3. The van der Waals surface area contributed by atoms with Crippen molar-refractivity contribution < 1.29 is 0 Å². The molecule has 60 valence electrons. The highest BCUT2D eigenvalue weighted by molar-refractivity contribution is 5.35. The van der Waals surface area contributed by atoms with E-state index in [9.17, 15) is 0 Å². The summed E-state index contributed by atoms with van der Waals surface area (Å²) < 4.78 is 0. The second-order valence-electron chi connectivity index (χ2n) is 2.63. The highest BCUT2D eigenvalue weighted by Crippen LogP contribution is 2.10. The zero-order chi connectivity index (χ0) is 8.10. The summed E-state index contributed by atoms with van der Waals surface area (Å²) in [6.45, 7) is 2.84. The maximum absolute atomic E-state index is 5.23. The molecule has 0 aliphatic heterocycles. The lowest BCUT2D eigenvalue weighted by molar-refractivity contribution is 0.802. The zero-order valence-electron chi connectivity index (χ0n) is 6.80. The van der Waals surface area contributed by atoms with Gasteiger partial charge in [-0.05, 0) is 24.5 Å². The molecule has 0 unspecified atom stereocenters. The molecule has 11 heavy (non-hydrogen) atoms. The van der Waals surface area contributed by atoms with Crippen LogP contribution in [0.1, 0.15) is 13.3 Å². The molecule has 0 aromatic carbocycles. The molecular formula is C9H14N2. The Bertz CT molecular complexity index is 212. The van der Waals surface area contributed by atoms with Crippen molar-refractivity contribution in [1.82, 2.24) is 5.43 Å². The zero-order valence-corrected chi connectivity index (χ0v) is 6.80. The first-order chi connectivity index (χ1) is 5.34. The SMILES string of the molecule is CC1=C(CNN)C=CCC=C1.